The van der Waals surface area contributed by atoms with Crippen molar-refractivity contribution in [2.45, 2.75) is 20.8 Å². The zero-order valence-corrected chi connectivity index (χ0v) is 9.69. The van der Waals surface area contributed by atoms with Crippen molar-refractivity contribution >= 4 is 11.9 Å². The molecule has 0 fully saturated rings. The minimum absolute atomic E-state index is 0.0139. The molecule has 3 heteroatoms. The van der Waals surface area contributed by atoms with Crippen molar-refractivity contribution in [1.29, 1.82) is 0 Å². The van der Waals surface area contributed by atoms with Gasteiger partial charge in [0.05, 0.1) is 0 Å². The van der Waals surface area contributed by atoms with Gasteiger partial charge in [-0.2, -0.15) is 0 Å². The molecule has 2 N–H and O–H groups in total. The van der Waals surface area contributed by atoms with E-state index in [0.29, 0.717) is 5.56 Å². The zero-order valence-electron chi connectivity index (χ0n) is 9.69. The first kappa shape index (κ1) is 12.3. The van der Waals surface area contributed by atoms with Gasteiger partial charge in [0.15, 0.2) is 17.3 Å². The molecule has 0 aliphatic carbocycles. The molecular weight excluding hydrogens is 204 g/mol. The van der Waals surface area contributed by atoms with E-state index in [4.69, 9.17) is 5.11 Å². The van der Waals surface area contributed by atoms with Gasteiger partial charge in [0, 0.05) is 5.41 Å². The molecule has 0 saturated carbocycles. The molecule has 16 heavy (non-hydrogen) atoms. The molecule has 0 atom stereocenters. The number of hydrogen-bond donors (Lipinski definition) is 2. The number of ketones is 1. The number of phenolic OH excluding ortho intramolecular Hbond substituents is 2. The number of rotatable bonds is 2. The van der Waals surface area contributed by atoms with Crippen LogP contribution >= 0.6 is 0 Å². The maximum absolute atomic E-state index is 11.6. The number of carbonyl (C=O) groups is 1. The van der Waals surface area contributed by atoms with E-state index in [1.165, 1.54) is 18.2 Å². The lowest BCUT2D eigenvalue weighted by molar-refractivity contribution is -0.121. The Morgan fingerprint density at radius 1 is 1.19 bits per heavy atom. The fraction of sp³-hybridized carbons (Fsp3) is 0.308. The number of phenols is 2. The number of carbonyl (C=O) groups excluding carboxylic acids is 1. The molecule has 0 heterocycles. The summed E-state index contributed by atoms with van der Waals surface area (Å²) in [7, 11) is 0. The summed E-state index contributed by atoms with van der Waals surface area (Å²) < 4.78 is 0. The minimum Gasteiger partial charge on any atom is -0.504 e. The summed E-state index contributed by atoms with van der Waals surface area (Å²) in [5, 5.41) is 18.4. The highest BCUT2D eigenvalue weighted by Crippen LogP contribution is 2.25. The third kappa shape index (κ3) is 3.12. The van der Waals surface area contributed by atoms with Crippen LogP contribution in [0.3, 0.4) is 0 Å². The summed E-state index contributed by atoms with van der Waals surface area (Å²) in [4.78, 5) is 11.6. The first-order chi connectivity index (χ1) is 7.30. The van der Waals surface area contributed by atoms with Crippen LogP contribution in [0, 0.1) is 5.41 Å². The van der Waals surface area contributed by atoms with E-state index in [9.17, 15) is 9.90 Å². The summed E-state index contributed by atoms with van der Waals surface area (Å²) in [6.45, 7) is 5.52. The Hall–Kier alpha value is -1.77. The van der Waals surface area contributed by atoms with E-state index >= 15 is 0 Å². The lowest BCUT2D eigenvalue weighted by Gasteiger charge is -2.12. The molecule has 1 aromatic rings. The Balaban J connectivity index is 2.85. The molecule has 0 aliphatic rings. The molecule has 1 aromatic carbocycles. The molecule has 86 valence electrons. The van der Waals surface area contributed by atoms with Crippen LogP contribution in [-0.2, 0) is 4.79 Å². The largest absolute Gasteiger partial charge is 0.504 e. The van der Waals surface area contributed by atoms with Crippen molar-refractivity contribution in [3.8, 4) is 11.5 Å². The summed E-state index contributed by atoms with van der Waals surface area (Å²) in [5.41, 5.74) is 0.267. The highest BCUT2D eigenvalue weighted by atomic mass is 16.3. The number of benzene rings is 1. The van der Waals surface area contributed by atoms with Gasteiger partial charge in [-0.15, -0.1) is 0 Å². The molecule has 0 bridgehead atoms. The maximum Gasteiger partial charge on any atom is 0.161 e. The van der Waals surface area contributed by atoms with E-state index in [2.05, 4.69) is 0 Å². The monoisotopic (exact) mass is 220 g/mol. The van der Waals surface area contributed by atoms with Gasteiger partial charge in [-0.05, 0) is 23.8 Å². The fourth-order valence-electron chi connectivity index (χ4n) is 1.07. The van der Waals surface area contributed by atoms with Crippen LogP contribution in [0.25, 0.3) is 6.08 Å². The normalized spacial score (nSPS) is 11.9. The van der Waals surface area contributed by atoms with Gasteiger partial charge in [-0.25, -0.2) is 0 Å². The second kappa shape index (κ2) is 4.39. The Labute approximate surface area is 95.0 Å². The molecular formula is C13H16O3. The molecule has 0 spiro atoms. The van der Waals surface area contributed by atoms with Gasteiger partial charge < -0.3 is 10.2 Å². The number of allylic oxidation sites excluding steroid dienone is 1. The van der Waals surface area contributed by atoms with Crippen LogP contribution in [0.5, 0.6) is 11.5 Å². The second-order valence-electron chi connectivity index (χ2n) is 4.70. The fourth-order valence-corrected chi connectivity index (χ4v) is 1.07. The van der Waals surface area contributed by atoms with Crippen molar-refractivity contribution in [1.82, 2.24) is 0 Å². The van der Waals surface area contributed by atoms with Crippen molar-refractivity contribution < 1.29 is 15.0 Å². The van der Waals surface area contributed by atoms with E-state index in [0.717, 1.165) is 0 Å². The molecule has 1 rings (SSSR count). The van der Waals surface area contributed by atoms with Gasteiger partial charge in [-0.3, -0.25) is 4.79 Å². The van der Waals surface area contributed by atoms with Crippen LogP contribution in [0.2, 0.25) is 0 Å². The van der Waals surface area contributed by atoms with E-state index in [-0.39, 0.29) is 17.3 Å². The summed E-state index contributed by atoms with van der Waals surface area (Å²) in [6, 6.07) is 4.42. The quantitative estimate of drug-likeness (QED) is 0.595. The number of hydrogen-bond acceptors (Lipinski definition) is 3. The molecule has 0 amide bonds. The first-order valence-corrected chi connectivity index (χ1v) is 5.05. The summed E-state index contributed by atoms with van der Waals surface area (Å²) in [6.07, 6.45) is 3.10. The molecule has 0 aromatic heterocycles. The Kier molecular flexibility index (Phi) is 3.38. The van der Waals surface area contributed by atoms with E-state index in [1.54, 1.807) is 12.1 Å². The lowest BCUT2D eigenvalue weighted by Crippen LogP contribution is -2.17. The van der Waals surface area contributed by atoms with E-state index < -0.39 is 5.41 Å². The topological polar surface area (TPSA) is 57.5 Å². The average molecular weight is 220 g/mol. The van der Waals surface area contributed by atoms with Crippen molar-refractivity contribution in [2.24, 2.45) is 5.41 Å². The van der Waals surface area contributed by atoms with Gasteiger partial charge >= 0.3 is 0 Å². The minimum atomic E-state index is -0.407. The Morgan fingerprint density at radius 3 is 2.31 bits per heavy atom. The van der Waals surface area contributed by atoms with Crippen LogP contribution < -0.4 is 0 Å². The van der Waals surface area contributed by atoms with Crippen molar-refractivity contribution in [3.05, 3.63) is 29.8 Å². The smallest absolute Gasteiger partial charge is 0.161 e. The second-order valence-corrected chi connectivity index (χ2v) is 4.70. The Bertz CT molecular complexity index is 425. The van der Waals surface area contributed by atoms with Gasteiger partial charge in [-0.1, -0.05) is 32.9 Å². The summed E-state index contributed by atoms with van der Waals surface area (Å²) >= 11 is 0. The van der Waals surface area contributed by atoms with Gasteiger partial charge in [0.25, 0.3) is 0 Å². The lowest BCUT2D eigenvalue weighted by atomic mass is 9.90. The van der Waals surface area contributed by atoms with Crippen molar-refractivity contribution in [2.75, 3.05) is 0 Å². The first-order valence-electron chi connectivity index (χ1n) is 5.05. The van der Waals surface area contributed by atoms with Crippen LogP contribution in [0.15, 0.2) is 24.3 Å². The van der Waals surface area contributed by atoms with Crippen LogP contribution in [0.1, 0.15) is 26.3 Å². The highest BCUT2D eigenvalue weighted by molar-refractivity contribution is 5.97. The van der Waals surface area contributed by atoms with Crippen molar-refractivity contribution in [3.63, 3.8) is 0 Å². The third-order valence-corrected chi connectivity index (χ3v) is 2.17. The molecule has 0 aliphatic heterocycles. The summed E-state index contributed by atoms with van der Waals surface area (Å²) in [5.74, 6) is -0.343. The predicted octanol–water partition coefficient (Wildman–Crippen LogP) is 2.73. The third-order valence-electron chi connectivity index (χ3n) is 2.17. The standard InChI is InChI=1S/C13H16O3/c1-13(2,3)12(16)7-5-9-4-6-10(14)11(15)8-9/h4-8,14-15H,1-3H3. The van der Waals surface area contributed by atoms with E-state index in [1.807, 2.05) is 20.8 Å². The number of aromatic hydroxyl groups is 2. The molecule has 0 radical (unpaired) electrons. The zero-order chi connectivity index (χ0) is 12.3. The molecule has 0 unspecified atom stereocenters. The molecule has 0 saturated heterocycles. The van der Waals surface area contributed by atoms with Gasteiger partial charge in [0.2, 0.25) is 0 Å². The predicted molar refractivity (Wildman–Crippen MR) is 63.3 cm³/mol. The maximum atomic E-state index is 11.6. The average Bonchev–Trinajstić information content (AvgIpc) is 2.18. The SMILES string of the molecule is CC(C)(C)C(=O)C=Cc1ccc(O)c(O)c1. The molecule has 3 nitrogen and oxygen atoms in total. The van der Waals surface area contributed by atoms with Crippen LogP contribution in [0.4, 0.5) is 0 Å². The highest BCUT2D eigenvalue weighted by Gasteiger charge is 2.17. The van der Waals surface area contributed by atoms with Crippen LogP contribution in [-0.4, -0.2) is 16.0 Å². The Morgan fingerprint density at radius 2 is 1.81 bits per heavy atom. The van der Waals surface area contributed by atoms with Gasteiger partial charge in [0.1, 0.15) is 0 Å².